The molecule has 16 heavy (non-hydrogen) atoms. The van der Waals surface area contributed by atoms with Crippen LogP contribution in [-0.2, 0) is 12.0 Å². The number of hydrogen-bond acceptors (Lipinski definition) is 4. The van der Waals surface area contributed by atoms with E-state index in [1.807, 2.05) is 0 Å². The monoisotopic (exact) mass is 241 g/mol. The van der Waals surface area contributed by atoms with Gasteiger partial charge in [0.15, 0.2) is 0 Å². The zero-order valence-corrected chi connectivity index (χ0v) is 11.4. The van der Waals surface area contributed by atoms with Gasteiger partial charge in [0.25, 0.3) is 0 Å². The van der Waals surface area contributed by atoms with Crippen LogP contribution < -0.4 is 11.1 Å². The van der Waals surface area contributed by atoms with Gasteiger partial charge >= 0.3 is 0 Å². The molecule has 0 unspecified atom stereocenters. The topological polar surface area (TPSA) is 50.9 Å². The Bertz CT molecular complexity index is 301. The molecule has 0 atom stereocenters. The second-order valence-electron chi connectivity index (χ2n) is 5.07. The van der Waals surface area contributed by atoms with Crippen LogP contribution in [0.5, 0.6) is 0 Å². The molecule has 0 aliphatic carbocycles. The van der Waals surface area contributed by atoms with Crippen molar-refractivity contribution >= 4 is 11.3 Å². The van der Waals surface area contributed by atoms with Crippen LogP contribution >= 0.6 is 11.3 Å². The Morgan fingerprint density at radius 3 is 2.69 bits per heavy atom. The molecule has 4 heteroatoms. The molecule has 1 aromatic heterocycles. The van der Waals surface area contributed by atoms with E-state index in [9.17, 15) is 0 Å². The molecule has 1 aromatic rings. The van der Waals surface area contributed by atoms with Gasteiger partial charge in [-0.05, 0) is 25.9 Å². The molecular formula is C12H23N3S. The van der Waals surface area contributed by atoms with Gasteiger partial charge in [0.2, 0.25) is 0 Å². The Balaban J connectivity index is 2.30. The average molecular weight is 241 g/mol. The van der Waals surface area contributed by atoms with E-state index in [4.69, 9.17) is 5.73 Å². The van der Waals surface area contributed by atoms with Crippen LogP contribution in [0, 0.1) is 0 Å². The second kappa shape index (κ2) is 6.33. The molecule has 0 radical (unpaired) electrons. The van der Waals surface area contributed by atoms with Gasteiger partial charge in [-0.15, -0.1) is 11.3 Å². The molecule has 0 aliphatic heterocycles. The van der Waals surface area contributed by atoms with Crippen molar-refractivity contribution in [2.45, 2.75) is 45.6 Å². The highest BCUT2D eigenvalue weighted by Crippen LogP contribution is 2.25. The van der Waals surface area contributed by atoms with Crippen LogP contribution in [0.15, 0.2) is 5.38 Å². The smallest absolute Gasteiger partial charge is 0.0982 e. The summed E-state index contributed by atoms with van der Waals surface area (Å²) in [6, 6.07) is 0. The molecule has 3 N–H and O–H groups in total. The molecule has 0 saturated carbocycles. The minimum absolute atomic E-state index is 0.169. The highest BCUT2D eigenvalue weighted by molar-refractivity contribution is 7.09. The lowest BCUT2D eigenvalue weighted by Gasteiger charge is -2.13. The summed E-state index contributed by atoms with van der Waals surface area (Å²) in [7, 11) is 0. The van der Waals surface area contributed by atoms with E-state index in [1.54, 1.807) is 11.3 Å². The fraction of sp³-hybridized carbons (Fsp3) is 0.750. The summed E-state index contributed by atoms with van der Waals surface area (Å²) in [5.41, 5.74) is 6.76. The summed E-state index contributed by atoms with van der Waals surface area (Å²) in [5.74, 6) is 0. The predicted octanol–water partition coefficient (Wildman–Crippen LogP) is 2.27. The van der Waals surface area contributed by atoms with Crippen LogP contribution in [0.4, 0.5) is 0 Å². The fourth-order valence-corrected chi connectivity index (χ4v) is 2.25. The van der Waals surface area contributed by atoms with Crippen molar-refractivity contribution < 1.29 is 0 Å². The van der Waals surface area contributed by atoms with Gasteiger partial charge in [-0.25, -0.2) is 4.98 Å². The molecule has 92 valence electrons. The van der Waals surface area contributed by atoms with Gasteiger partial charge in [-0.1, -0.05) is 20.8 Å². The minimum atomic E-state index is 0.169. The van der Waals surface area contributed by atoms with Crippen LogP contribution in [0.25, 0.3) is 0 Å². The first-order valence-electron chi connectivity index (χ1n) is 5.89. The maximum absolute atomic E-state index is 5.43. The summed E-state index contributed by atoms with van der Waals surface area (Å²) in [5, 5.41) is 6.75. The van der Waals surface area contributed by atoms with Gasteiger partial charge in [0.05, 0.1) is 10.7 Å². The third kappa shape index (κ3) is 4.60. The van der Waals surface area contributed by atoms with E-state index in [0.29, 0.717) is 0 Å². The molecule has 1 heterocycles. The van der Waals surface area contributed by atoms with Crippen LogP contribution in [-0.4, -0.2) is 18.1 Å². The third-order valence-corrected chi connectivity index (χ3v) is 3.62. The Hall–Kier alpha value is -0.450. The number of nitrogens with one attached hydrogen (secondary N) is 1. The van der Waals surface area contributed by atoms with E-state index >= 15 is 0 Å². The molecule has 0 saturated heterocycles. The lowest BCUT2D eigenvalue weighted by molar-refractivity contribution is 0.576. The Morgan fingerprint density at radius 2 is 2.12 bits per heavy atom. The molecule has 3 nitrogen and oxygen atoms in total. The zero-order valence-electron chi connectivity index (χ0n) is 10.5. The third-order valence-electron chi connectivity index (χ3n) is 2.31. The molecular weight excluding hydrogens is 218 g/mol. The maximum atomic E-state index is 5.43. The Morgan fingerprint density at radius 1 is 1.38 bits per heavy atom. The van der Waals surface area contributed by atoms with Gasteiger partial charge in [-0.3, -0.25) is 0 Å². The minimum Gasteiger partial charge on any atom is -0.330 e. The van der Waals surface area contributed by atoms with E-state index in [-0.39, 0.29) is 5.41 Å². The molecule has 0 aromatic carbocycles. The number of nitrogens with two attached hydrogens (primary N) is 1. The lowest BCUT2D eigenvalue weighted by atomic mass is 9.98. The van der Waals surface area contributed by atoms with Gasteiger partial charge < -0.3 is 11.1 Å². The van der Waals surface area contributed by atoms with E-state index < -0.39 is 0 Å². The normalized spacial score (nSPS) is 12.0. The van der Waals surface area contributed by atoms with Crippen molar-refractivity contribution in [2.24, 2.45) is 5.73 Å². The number of aromatic nitrogens is 1. The van der Waals surface area contributed by atoms with Crippen LogP contribution in [0.1, 0.15) is 44.3 Å². The summed E-state index contributed by atoms with van der Waals surface area (Å²) >= 11 is 1.75. The summed E-state index contributed by atoms with van der Waals surface area (Å²) in [4.78, 5) is 4.63. The van der Waals surface area contributed by atoms with Crippen molar-refractivity contribution in [3.8, 4) is 0 Å². The highest BCUT2D eigenvalue weighted by atomic mass is 32.1. The van der Waals surface area contributed by atoms with Crippen LogP contribution in [0.3, 0.4) is 0 Å². The van der Waals surface area contributed by atoms with Gasteiger partial charge in [0, 0.05) is 17.3 Å². The number of hydrogen-bond donors (Lipinski definition) is 2. The SMILES string of the molecule is CC(C)(C)c1nc(CNCCCCN)cs1. The molecule has 0 spiro atoms. The number of nitrogens with zero attached hydrogens (tertiary/aromatic N) is 1. The summed E-state index contributed by atoms with van der Waals surface area (Å²) in [6.07, 6.45) is 2.24. The first-order valence-corrected chi connectivity index (χ1v) is 6.77. The molecule has 0 aliphatic rings. The average Bonchev–Trinajstić information content (AvgIpc) is 2.65. The summed E-state index contributed by atoms with van der Waals surface area (Å²) < 4.78 is 0. The lowest BCUT2D eigenvalue weighted by Crippen LogP contribution is -2.17. The summed E-state index contributed by atoms with van der Waals surface area (Å²) in [6.45, 7) is 9.28. The number of unbranched alkanes of at least 4 members (excludes halogenated alkanes) is 1. The Labute approximate surface area is 102 Å². The number of thiazole rings is 1. The highest BCUT2D eigenvalue weighted by Gasteiger charge is 2.17. The van der Waals surface area contributed by atoms with Gasteiger partial charge in [-0.2, -0.15) is 0 Å². The largest absolute Gasteiger partial charge is 0.330 e. The van der Waals surface area contributed by atoms with E-state index in [2.05, 4.69) is 36.5 Å². The fourth-order valence-electron chi connectivity index (χ4n) is 1.34. The van der Waals surface area contributed by atoms with E-state index in [1.165, 1.54) is 5.01 Å². The predicted molar refractivity (Wildman–Crippen MR) is 70.8 cm³/mol. The van der Waals surface area contributed by atoms with E-state index in [0.717, 1.165) is 38.2 Å². The first-order chi connectivity index (χ1) is 7.54. The quantitative estimate of drug-likeness (QED) is 0.751. The molecule has 0 fully saturated rings. The maximum Gasteiger partial charge on any atom is 0.0982 e. The van der Waals surface area contributed by atoms with Crippen molar-refractivity contribution in [1.82, 2.24) is 10.3 Å². The Kier molecular flexibility index (Phi) is 5.38. The zero-order chi connectivity index (χ0) is 12.0. The molecule has 0 bridgehead atoms. The second-order valence-corrected chi connectivity index (χ2v) is 5.92. The van der Waals surface area contributed by atoms with Crippen molar-refractivity contribution in [2.75, 3.05) is 13.1 Å². The van der Waals surface area contributed by atoms with Gasteiger partial charge in [0.1, 0.15) is 0 Å². The standard InChI is InChI=1S/C12H23N3S/c1-12(2,3)11-15-10(9-16-11)8-14-7-5-4-6-13/h9,14H,4-8,13H2,1-3H3. The van der Waals surface area contributed by atoms with Crippen molar-refractivity contribution in [3.05, 3.63) is 16.1 Å². The first kappa shape index (κ1) is 13.6. The number of rotatable bonds is 6. The molecule has 1 rings (SSSR count). The van der Waals surface area contributed by atoms with Crippen molar-refractivity contribution in [3.63, 3.8) is 0 Å². The molecule has 0 amide bonds. The van der Waals surface area contributed by atoms with Crippen molar-refractivity contribution in [1.29, 1.82) is 0 Å². The van der Waals surface area contributed by atoms with Crippen LogP contribution in [0.2, 0.25) is 0 Å².